The fourth-order valence-corrected chi connectivity index (χ4v) is 3.39. The normalized spacial score (nSPS) is 13.9. The summed E-state index contributed by atoms with van der Waals surface area (Å²) in [6, 6.07) is 8.30. The Balaban J connectivity index is 1.81. The molecule has 0 saturated carbocycles. The minimum Gasteiger partial charge on any atom is -0.371 e. The van der Waals surface area contributed by atoms with Crippen LogP contribution in [0.25, 0.3) is 0 Å². The summed E-state index contributed by atoms with van der Waals surface area (Å²) < 4.78 is 26.7. The Morgan fingerprint density at radius 3 is 2.32 bits per heavy atom. The maximum Gasteiger partial charge on any atom is 0.253 e. The van der Waals surface area contributed by atoms with Crippen molar-refractivity contribution in [1.29, 1.82) is 0 Å². The minimum atomic E-state index is -0.682. The summed E-state index contributed by atoms with van der Waals surface area (Å²) in [5.74, 6) is -1.88. The van der Waals surface area contributed by atoms with Crippen molar-refractivity contribution in [3.63, 3.8) is 0 Å². The molecule has 2 N–H and O–H groups in total. The Kier molecular flexibility index (Phi) is 6.23. The Hall–Kier alpha value is -2.96. The highest BCUT2D eigenvalue weighted by Gasteiger charge is 2.19. The van der Waals surface area contributed by atoms with Gasteiger partial charge in [0.1, 0.15) is 11.6 Å². The van der Waals surface area contributed by atoms with E-state index in [1.807, 2.05) is 0 Å². The Labute approximate surface area is 162 Å². The van der Waals surface area contributed by atoms with Gasteiger partial charge in [-0.05, 0) is 55.2 Å². The van der Waals surface area contributed by atoms with E-state index < -0.39 is 11.6 Å². The number of amides is 2. The third-order valence-corrected chi connectivity index (χ3v) is 4.63. The van der Waals surface area contributed by atoms with Gasteiger partial charge in [0, 0.05) is 38.3 Å². The van der Waals surface area contributed by atoms with E-state index in [0.29, 0.717) is 16.8 Å². The highest BCUT2D eigenvalue weighted by Crippen LogP contribution is 2.28. The van der Waals surface area contributed by atoms with Crippen LogP contribution in [0.5, 0.6) is 0 Å². The second-order valence-electron chi connectivity index (χ2n) is 6.92. The van der Waals surface area contributed by atoms with Crippen molar-refractivity contribution in [3.05, 3.63) is 59.2 Å². The third-order valence-electron chi connectivity index (χ3n) is 4.63. The average molecular weight is 387 g/mol. The molecule has 0 spiro atoms. The second-order valence-corrected chi connectivity index (χ2v) is 6.92. The zero-order valence-corrected chi connectivity index (χ0v) is 15.7. The molecule has 0 aliphatic carbocycles. The van der Waals surface area contributed by atoms with Gasteiger partial charge in [-0.2, -0.15) is 0 Å². The van der Waals surface area contributed by atoms with Gasteiger partial charge in [0.15, 0.2) is 0 Å². The number of rotatable bonds is 5. The molecule has 2 aromatic rings. The molecule has 0 aromatic heterocycles. The standard InChI is InChI=1S/C21H23F2N3O2/c1-14(27)25-18-5-6-19(20(12-18)26-7-3-2-4-8-26)21(28)24-13-15-9-16(22)11-17(23)10-15/h5-6,9-12H,2-4,7-8,13H2,1H3,(H,24,28)(H,25,27). The lowest BCUT2D eigenvalue weighted by Crippen LogP contribution is -2.32. The number of anilines is 2. The maximum atomic E-state index is 13.3. The second kappa shape index (κ2) is 8.82. The quantitative estimate of drug-likeness (QED) is 0.819. The number of carbonyl (C=O) groups is 2. The number of halogens is 2. The van der Waals surface area contributed by atoms with E-state index in [1.54, 1.807) is 18.2 Å². The van der Waals surface area contributed by atoms with Crippen molar-refractivity contribution in [2.24, 2.45) is 0 Å². The van der Waals surface area contributed by atoms with Gasteiger partial charge in [-0.15, -0.1) is 0 Å². The molecule has 148 valence electrons. The van der Waals surface area contributed by atoms with Gasteiger partial charge < -0.3 is 15.5 Å². The topological polar surface area (TPSA) is 61.4 Å². The van der Waals surface area contributed by atoms with E-state index in [-0.39, 0.29) is 18.4 Å². The number of carbonyl (C=O) groups excluding carboxylic acids is 2. The van der Waals surface area contributed by atoms with E-state index in [0.717, 1.165) is 44.1 Å². The van der Waals surface area contributed by atoms with E-state index in [4.69, 9.17) is 0 Å². The smallest absolute Gasteiger partial charge is 0.253 e. The van der Waals surface area contributed by atoms with Crippen molar-refractivity contribution < 1.29 is 18.4 Å². The van der Waals surface area contributed by atoms with Gasteiger partial charge in [-0.3, -0.25) is 9.59 Å². The molecule has 5 nitrogen and oxygen atoms in total. The summed E-state index contributed by atoms with van der Waals surface area (Å²) in [5, 5.41) is 5.46. The minimum absolute atomic E-state index is 0.0143. The summed E-state index contributed by atoms with van der Waals surface area (Å²) in [6.45, 7) is 3.11. The van der Waals surface area contributed by atoms with E-state index in [1.165, 1.54) is 19.1 Å². The van der Waals surface area contributed by atoms with Crippen LogP contribution >= 0.6 is 0 Å². The van der Waals surface area contributed by atoms with Crippen LogP contribution < -0.4 is 15.5 Å². The van der Waals surface area contributed by atoms with Crippen molar-refractivity contribution in [1.82, 2.24) is 5.32 Å². The maximum absolute atomic E-state index is 13.3. The van der Waals surface area contributed by atoms with Gasteiger partial charge in [0.05, 0.1) is 11.3 Å². The van der Waals surface area contributed by atoms with Crippen molar-refractivity contribution in [2.75, 3.05) is 23.3 Å². The van der Waals surface area contributed by atoms with Crippen LogP contribution in [-0.2, 0) is 11.3 Å². The molecule has 1 aliphatic rings. The molecular formula is C21H23F2N3O2. The summed E-state index contributed by atoms with van der Waals surface area (Å²) in [4.78, 5) is 26.3. The molecule has 0 radical (unpaired) electrons. The zero-order chi connectivity index (χ0) is 20.1. The van der Waals surface area contributed by atoms with Crippen molar-refractivity contribution >= 4 is 23.2 Å². The van der Waals surface area contributed by atoms with Crippen molar-refractivity contribution in [3.8, 4) is 0 Å². The highest BCUT2D eigenvalue weighted by atomic mass is 19.1. The van der Waals surface area contributed by atoms with E-state index in [9.17, 15) is 18.4 Å². The first-order valence-corrected chi connectivity index (χ1v) is 9.32. The van der Waals surface area contributed by atoms with Gasteiger partial charge in [-0.1, -0.05) is 0 Å². The first-order chi connectivity index (χ1) is 13.4. The summed E-state index contributed by atoms with van der Waals surface area (Å²) in [6.07, 6.45) is 3.22. The average Bonchev–Trinajstić information content (AvgIpc) is 2.65. The number of benzene rings is 2. The van der Waals surface area contributed by atoms with Crippen LogP contribution in [0.2, 0.25) is 0 Å². The van der Waals surface area contributed by atoms with Gasteiger partial charge in [0.25, 0.3) is 5.91 Å². The third kappa shape index (κ3) is 5.06. The molecule has 7 heteroatoms. The molecule has 1 aliphatic heterocycles. The molecule has 2 amide bonds. The van der Waals surface area contributed by atoms with Gasteiger partial charge in [0.2, 0.25) is 5.91 Å². The van der Waals surface area contributed by atoms with Gasteiger partial charge >= 0.3 is 0 Å². The lowest BCUT2D eigenvalue weighted by molar-refractivity contribution is -0.114. The molecular weight excluding hydrogens is 364 g/mol. The van der Waals surface area contributed by atoms with E-state index >= 15 is 0 Å². The first-order valence-electron chi connectivity index (χ1n) is 9.32. The Bertz CT molecular complexity index is 860. The molecule has 1 saturated heterocycles. The van der Waals surface area contributed by atoms with Crippen LogP contribution in [0.1, 0.15) is 42.1 Å². The van der Waals surface area contributed by atoms with Gasteiger partial charge in [-0.25, -0.2) is 8.78 Å². The molecule has 3 rings (SSSR count). The molecule has 0 atom stereocenters. The highest BCUT2D eigenvalue weighted by molar-refractivity contribution is 6.01. The summed E-state index contributed by atoms with van der Waals surface area (Å²) in [5.41, 5.74) is 2.18. The van der Waals surface area contributed by atoms with E-state index in [2.05, 4.69) is 15.5 Å². The molecule has 2 aromatic carbocycles. The van der Waals surface area contributed by atoms with Crippen molar-refractivity contribution in [2.45, 2.75) is 32.7 Å². The van der Waals surface area contributed by atoms with Crippen LogP contribution in [0.15, 0.2) is 36.4 Å². The monoisotopic (exact) mass is 387 g/mol. The number of nitrogens with zero attached hydrogens (tertiary/aromatic N) is 1. The number of nitrogens with one attached hydrogen (secondary N) is 2. The predicted molar refractivity (Wildman–Crippen MR) is 104 cm³/mol. The Morgan fingerprint density at radius 1 is 1.00 bits per heavy atom. The SMILES string of the molecule is CC(=O)Nc1ccc(C(=O)NCc2cc(F)cc(F)c2)c(N2CCCCC2)c1. The van der Waals surface area contributed by atoms with Crippen LogP contribution in [-0.4, -0.2) is 24.9 Å². The summed E-state index contributed by atoms with van der Waals surface area (Å²) >= 11 is 0. The molecule has 0 bridgehead atoms. The molecule has 1 heterocycles. The Morgan fingerprint density at radius 2 is 1.68 bits per heavy atom. The lowest BCUT2D eigenvalue weighted by Gasteiger charge is -2.30. The number of piperidine rings is 1. The molecule has 0 unspecified atom stereocenters. The molecule has 1 fully saturated rings. The lowest BCUT2D eigenvalue weighted by atomic mass is 10.1. The fraction of sp³-hybridized carbons (Fsp3) is 0.333. The predicted octanol–water partition coefficient (Wildman–Crippen LogP) is 3.84. The van der Waals surface area contributed by atoms with Crippen LogP contribution in [0, 0.1) is 11.6 Å². The summed E-state index contributed by atoms with van der Waals surface area (Å²) in [7, 11) is 0. The first kappa shape index (κ1) is 19.8. The number of hydrogen-bond acceptors (Lipinski definition) is 3. The molecule has 28 heavy (non-hydrogen) atoms. The van der Waals surface area contributed by atoms with Crippen LogP contribution in [0.4, 0.5) is 20.2 Å². The fourth-order valence-electron chi connectivity index (χ4n) is 3.39. The number of hydrogen-bond donors (Lipinski definition) is 2. The van der Waals surface area contributed by atoms with Crippen LogP contribution in [0.3, 0.4) is 0 Å². The zero-order valence-electron chi connectivity index (χ0n) is 15.7. The largest absolute Gasteiger partial charge is 0.371 e.